The highest BCUT2D eigenvalue weighted by Crippen LogP contribution is 2.23. The van der Waals surface area contributed by atoms with Gasteiger partial charge in [0.1, 0.15) is 17.2 Å². The fourth-order valence-corrected chi connectivity index (χ4v) is 2.75. The average molecular weight is 302 g/mol. The van der Waals surface area contributed by atoms with Crippen molar-refractivity contribution in [3.8, 4) is 0 Å². The number of hydrogen-bond acceptors (Lipinski definition) is 5. The Morgan fingerprint density at radius 2 is 2.16 bits per heavy atom. The van der Waals surface area contributed by atoms with Crippen molar-refractivity contribution in [3.63, 3.8) is 0 Å². The number of nitrogens with zero attached hydrogens (tertiary/aromatic N) is 1. The van der Waals surface area contributed by atoms with Gasteiger partial charge in [-0.25, -0.2) is 8.42 Å². The highest BCUT2D eigenvalue weighted by Gasteiger charge is 2.15. The summed E-state index contributed by atoms with van der Waals surface area (Å²) in [4.78, 5) is 0. The molecule has 0 aliphatic rings. The summed E-state index contributed by atoms with van der Waals surface area (Å²) in [6.45, 7) is 1.69. The molecule has 0 aliphatic heterocycles. The Morgan fingerprint density at radius 1 is 1.42 bits per heavy atom. The van der Waals surface area contributed by atoms with E-state index in [1.807, 2.05) is 0 Å². The smallest absolute Gasteiger partial charge is 0.238 e. The predicted octanol–water partition coefficient (Wildman–Crippen LogP) is 2.16. The molecule has 0 spiro atoms. The summed E-state index contributed by atoms with van der Waals surface area (Å²) in [5, 5.41) is 3.92. The second-order valence-electron chi connectivity index (χ2n) is 4.03. The summed E-state index contributed by atoms with van der Waals surface area (Å²) in [5.41, 5.74) is 6.62. The number of nitrogen functional groups attached to an aromatic ring is 1. The first-order valence-corrected chi connectivity index (χ1v) is 7.36. The number of halogens is 1. The van der Waals surface area contributed by atoms with Crippen molar-refractivity contribution in [1.82, 2.24) is 5.16 Å². The number of nitrogens with one attached hydrogen (secondary N) is 1. The van der Waals surface area contributed by atoms with E-state index in [2.05, 4.69) is 9.88 Å². The Hall–Kier alpha value is -1.73. The van der Waals surface area contributed by atoms with Crippen LogP contribution in [0, 0.1) is 6.92 Å². The fourth-order valence-electron chi connectivity index (χ4n) is 1.49. The maximum atomic E-state index is 11.9. The highest BCUT2D eigenvalue weighted by atomic mass is 35.5. The van der Waals surface area contributed by atoms with E-state index in [0.29, 0.717) is 22.8 Å². The van der Waals surface area contributed by atoms with Crippen molar-refractivity contribution in [1.29, 1.82) is 0 Å². The molecule has 8 heteroatoms. The molecular weight excluding hydrogens is 290 g/mol. The second kappa shape index (κ2) is 5.10. The molecule has 0 aliphatic carbocycles. The van der Waals surface area contributed by atoms with E-state index in [0.717, 1.165) is 0 Å². The molecule has 0 atom stereocenters. The molecule has 0 unspecified atom stereocenters. The normalized spacial score (nSPS) is 11.5. The molecule has 0 saturated carbocycles. The van der Waals surface area contributed by atoms with Crippen molar-refractivity contribution >= 4 is 33.0 Å². The molecule has 19 heavy (non-hydrogen) atoms. The Balaban J connectivity index is 2.14. The third-order valence-electron chi connectivity index (χ3n) is 2.29. The van der Waals surface area contributed by atoms with Gasteiger partial charge in [-0.3, -0.25) is 4.72 Å². The molecule has 0 amide bonds. The van der Waals surface area contributed by atoms with Gasteiger partial charge in [0.05, 0.1) is 16.4 Å². The first-order valence-electron chi connectivity index (χ1n) is 5.33. The van der Waals surface area contributed by atoms with E-state index in [1.54, 1.807) is 13.0 Å². The number of aromatic nitrogens is 1. The van der Waals surface area contributed by atoms with Crippen molar-refractivity contribution in [2.45, 2.75) is 12.7 Å². The minimum Gasteiger partial charge on any atom is -0.398 e. The third-order valence-corrected chi connectivity index (χ3v) is 3.84. The Bertz CT molecular complexity index is 697. The lowest BCUT2D eigenvalue weighted by molar-refractivity contribution is 0.392. The van der Waals surface area contributed by atoms with Gasteiger partial charge in [-0.15, -0.1) is 0 Å². The first kappa shape index (κ1) is 13.7. The molecule has 0 saturated heterocycles. The first-order chi connectivity index (χ1) is 8.85. The van der Waals surface area contributed by atoms with Crippen molar-refractivity contribution in [2.24, 2.45) is 0 Å². The Labute approximate surface area is 115 Å². The van der Waals surface area contributed by atoms with Gasteiger partial charge in [-0.05, 0) is 25.1 Å². The van der Waals surface area contributed by atoms with Crippen LogP contribution in [-0.2, 0) is 15.8 Å². The van der Waals surface area contributed by atoms with Crippen LogP contribution in [0.1, 0.15) is 11.5 Å². The van der Waals surface area contributed by atoms with Crippen LogP contribution in [0.25, 0.3) is 0 Å². The maximum absolute atomic E-state index is 11.9. The molecule has 0 fully saturated rings. The molecule has 0 bridgehead atoms. The molecular formula is C11H12ClN3O3S. The summed E-state index contributed by atoms with van der Waals surface area (Å²) in [7, 11) is -3.58. The average Bonchev–Trinajstić information content (AvgIpc) is 2.68. The van der Waals surface area contributed by atoms with Crippen molar-refractivity contribution in [2.75, 3.05) is 10.5 Å². The highest BCUT2D eigenvalue weighted by molar-refractivity contribution is 7.91. The van der Waals surface area contributed by atoms with Crippen LogP contribution >= 0.6 is 11.6 Å². The summed E-state index contributed by atoms with van der Waals surface area (Å²) in [6.07, 6.45) is 0. The lowest BCUT2D eigenvalue weighted by atomic mass is 10.3. The van der Waals surface area contributed by atoms with Crippen LogP contribution < -0.4 is 10.5 Å². The maximum Gasteiger partial charge on any atom is 0.238 e. The number of benzene rings is 1. The zero-order chi connectivity index (χ0) is 14.0. The van der Waals surface area contributed by atoms with Crippen LogP contribution in [0.4, 0.5) is 11.4 Å². The zero-order valence-electron chi connectivity index (χ0n) is 10.1. The molecule has 6 nitrogen and oxygen atoms in total. The van der Waals surface area contributed by atoms with E-state index in [-0.39, 0.29) is 10.8 Å². The van der Waals surface area contributed by atoms with E-state index < -0.39 is 10.0 Å². The van der Waals surface area contributed by atoms with Gasteiger partial charge in [0.15, 0.2) is 0 Å². The van der Waals surface area contributed by atoms with Gasteiger partial charge >= 0.3 is 0 Å². The molecule has 102 valence electrons. The molecule has 2 aromatic rings. The van der Waals surface area contributed by atoms with Crippen molar-refractivity contribution in [3.05, 3.63) is 40.7 Å². The summed E-state index contributed by atoms with van der Waals surface area (Å²) >= 11 is 5.82. The van der Waals surface area contributed by atoms with Crippen molar-refractivity contribution < 1.29 is 12.9 Å². The Morgan fingerprint density at radius 3 is 2.74 bits per heavy atom. The van der Waals surface area contributed by atoms with Crippen LogP contribution in [0.3, 0.4) is 0 Å². The number of sulfonamides is 1. The number of nitrogens with two attached hydrogens (primary N) is 1. The quantitative estimate of drug-likeness (QED) is 0.843. The molecule has 1 aromatic carbocycles. The zero-order valence-corrected chi connectivity index (χ0v) is 11.6. The molecule has 3 N–H and O–H groups in total. The summed E-state index contributed by atoms with van der Waals surface area (Å²) < 4.78 is 31.0. The minimum atomic E-state index is -3.58. The third kappa shape index (κ3) is 3.62. The molecule has 1 heterocycles. The largest absolute Gasteiger partial charge is 0.398 e. The van der Waals surface area contributed by atoms with Gasteiger partial charge in [0, 0.05) is 6.07 Å². The van der Waals surface area contributed by atoms with Crippen LogP contribution in [0.15, 0.2) is 28.8 Å². The second-order valence-corrected chi connectivity index (χ2v) is 6.16. The van der Waals surface area contributed by atoms with E-state index in [4.69, 9.17) is 21.9 Å². The molecule has 2 rings (SSSR count). The number of anilines is 2. The molecule has 0 radical (unpaired) electrons. The van der Waals surface area contributed by atoms with Gasteiger partial charge in [-0.1, -0.05) is 16.8 Å². The topological polar surface area (TPSA) is 98.2 Å². The summed E-state index contributed by atoms with van der Waals surface area (Å²) in [5.74, 6) is 0.285. The molecule has 1 aromatic heterocycles. The van der Waals surface area contributed by atoms with E-state index in [9.17, 15) is 8.42 Å². The van der Waals surface area contributed by atoms with Gasteiger partial charge in [0.2, 0.25) is 10.0 Å². The van der Waals surface area contributed by atoms with Crippen LogP contribution in [0.5, 0.6) is 0 Å². The fraction of sp³-hybridized carbons (Fsp3) is 0.182. The van der Waals surface area contributed by atoms with Gasteiger partial charge in [-0.2, -0.15) is 0 Å². The number of hydrogen-bond donors (Lipinski definition) is 2. The van der Waals surface area contributed by atoms with E-state index >= 15 is 0 Å². The Kier molecular flexibility index (Phi) is 3.68. The van der Waals surface area contributed by atoms with E-state index in [1.165, 1.54) is 18.2 Å². The predicted molar refractivity (Wildman–Crippen MR) is 73.4 cm³/mol. The lowest BCUT2D eigenvalue weighted by Gasteiger charge is -2.07. The minimum absolute atomic E-state index is 0.271. The monoisotopic (exact) mass is 301 g/mol. The van der Waals surface area contributed by atoms with Crippen LogP contribution in [0.2, 0.25) is 5.02 Å². The SMILES string of the molecule is Cc1cc(CS(=O)(=O)Nc2ccc(N)c(Cl)c2)no1. The van der Waals surface area contributed by atoms with Gasteiger partial charge < -0.3 is 10.3 Å². The standard InChI is InChI=1S/C11H12ClN3O3S/c1-7-4-9(14-18-7)6-19(16,17)15-8-2-3-11(13)10(12)5-8/h2-5,15H,6,13H2,1H3. The lowest BCUT2D eigenvalue weighted by Crippen LogP contribution is -2.15. The van der Waals surface area contributed by atoms with Gasteiger partial charge in [0.25, 0.3) is 0 Å². The number of rotatable bonds is 4. The van der Waals surface area contributed by atoms with Crippen LogP contribution in [-0.4, -0.2) is 13.6 Å². The summed E-state index contributed by atoms with van der Waals surface area (Å²) in [6, 6.07) is 6.07. The number of aryl methyl sites for hydroxylation is 1.